The number of esters is 1. The van der Waals surface area contributed by atoms with E-state index in [1.54, 1.807) is 17.5 Å². The normalized spacial score (nSPS) is 10.7. The van der Waals surface area contributed by atoms with Crippen LogP contribution in [0.4, 0.5) is 0 Å². The van der Waals surface area contributed by atoms with E-state index in [-0.39, 0.29) is 5.97 Å². The van der Waals surface area contributed by atoms with Gasteiger partial charge in [-0.2, -0.15) is 0 Å². The zero-order valence-electron chi connectivity index (χ0n) is 8.47. The van der Waals surface area contributed by atoms with Gasteiger partial charge in [0.2, 0.25) is 0 Å². The van der Waals surface area contributed by atoms with E-state index < -0.39 is 0 Å². The zero-order valence-corrected chi connectivity index (χ0v) is 9.29. The number of carbonyl (C=O) groups is 1. The van der Waals surface area contributed by atoms with Gasteiger partial charge in [-0.15, -0.1) is 11.3 Å². The van der Waals surface area contributed by atoms with Crippen LogP contribution in [0.3, 0.4) is 0 Å². The second-order valence-electron chi connectivity index (χ2n) is 3.24. The Morgan fingerprint density at radius 3 is 3.33 bits per heavy atom. The number of aryl methyl sites for hydroxylation is 1. The van der Waals surface area contributed by atoms with Gasteiger partial charge in [0.25, 0.3) is 0 Å². The van der Waals surface area contributed by atoms with Crippen molar-refractivity contribution in [2.75, 3.05) is 7.11 Å². The molecule has 15 heavy (non-hydrogen) atoms. The fraction of sp³-hybridized carbons (Fsp3) is 0.400. The van der Waals surface area contributed by atoms with Crippen molar-refractivity contribution in [3.8, 4) is 0 Å². The van der Waals surface area contributed by atoms with Crippen molar-refractivity contribution >= 4 is 22.3 Å². The summed E-state index contributed by atoms with van der Waals surface area (Å²) in [4.78, 5) is 16.1. The van der Waals surface area contributed by atoms with Crippen molar-refractivity contribution in [3.63, 3.8) is 0 Å². The van der Waals surface area contributed by atoms with Crippen molar-refractivity contribution in [3.05, 3.63) is 23.5 Å². The Hall–Kier alpha value is -1.36. The molecule has 0 aliphatic rings. The highest BCUT2D eigenvalue weighted by molar-refractivity contribution is 7.15. The van der Waals surface area contributed by atoms with Gasteiger partial charge < -0.3 is 4.74 Å². The van der Waals surface area contributed by atoms with Crippen molar-refractivity contribution in [2.45, 2.75) is 19.3 Å². The smallest absolute Gasteiger partial charge is 0.305 e. The predicted molar refractivity (Wildman–Crippen MR) is 58.0 cm³/mol. The first-order valence-electron chi connectivity index (χ1n) is 4.77. The van der Waals surface area contributed by atoms with E-state index in [0.29, 0.717) is 6.42 Å². The lowest BCUT2D eigenvalue weighted by molar-refractivity contribution is -0.140. The molecule has 0 bridgehead atoms. The van der Waals surface area contributed by atoms with Gasteiger partial charge in [0.1, 0.15) is 0 Å². The van der Waals surface area contributed by atoms with Crippen LogP contribution in [0.15, 0.2) is 17.8 Å². The summed E-state index contributed by atoms with van der Waals surface area (Å²) < 4.78 is 6.64. The molecule has 4 nitrogen and oxygen atoms in total. The summed E-state index contributed by atoms with van der Waals surface area (Å²) in [5, 5.41) is 2.08. The number of imidazole rings is 1. The molecule has 80 valence electrons. The fourth-order valence-electron chi connectivity index (χ4n) is 1.47. The third-order valence-corrected chi connectivity index (χ3v) is 3.16. The van der Waals surface area contributed by atoms with Gasteiger partial charge in [0, 0.05) is 29.9 Å². The van der Waals surface area contributed by atoms with E-state index in [4.69, 9.17) is 0 Å². The second-order valence-corrected chi connectivity index (χ2v) is 4.07. The Kier molecular flexibility index (Phi) is 3.01. The molecule has 2 aromatic rings. The van der Waals surface area contributed by atoms with Crippen molar-refractivity contribution in [1.82, 2.24) is 9.38 Å². The Labute approximate surface area is 91.5 Å². The number of carbonyl (C=O) groups excluding carboxylic acids is 1. The molecule has 0 N–H and O–H groups in total. The van der Waals surface area contributed by atoms with Gasteiger partial charge in [-0.05, 0) is 12.8 Å². The molecule has 0 saturated heterocycles. The topological polar surface area (TPSA) is 43.6 Å². The molecule has 0 amide bonds. The van der Waals surface area contributed by atoms with Crippen LogP contribution in [0.25, 0.3) is 4.96 Å². The van der Waals surface area contributed by atoms with E-state index in [1.165, 1.54) is 12.8 Å². The van der Waals surface area contributed by atoms with Crippen molar-refractivity contribution in [2.24, 2.45) is 0 Å². The van der Waals surface area contributed by atoms with E-state index >= 15 is 0 Å². The highest BCUT2D eigenvalue weighted by atomic mass is 32.1. The quantitative estimate of drug-likeness (QED) is 0.745. The van der Waals surface area contributed by atoms with Crippen LogP contribution in [0.5, 0.6) is 0 Å². The van der Waals surface area contributed by atoms with Crippen molar-refractivity contribution < 1.29 is 9.53 Å². The molecule has 0 saturated carbocycles. The zero-order chi connectivity index (χ0) is 10.7. The van der Waals surface area contributed by atoms with Crippen molar-refractivity contribution in [1.29, 1.82) is 0 Å². The summed E-state index contributed by atoms with van der Waals surface area (Å²) in [6.07, 6.45) is 5.90. The molecule has 0 unspecified atom stereocenters. The number of nitrogens with zero attached hydrogens (tertiary/aromatic N) is 2. The molecule has 2 aromatic heterocycles. The minimum Gasteiger partial charge on any atom is -0.469 e. The van der Waals surface area contributed by atoms with E-state index in [1.807, 2.05) is 6.20 Å². The maximum atomic E-state index is 10.9. The first-order chi connectivity index (χ1) is 7.31. The first kappa shape index (κ1) is 10.2. The third-order valence-electron chi connectivity index (χ3n) is 2.26. The van der Waals surface area contributed by atoms with E-state index in [9.17, 15) is 4.79 Å². The number of rotatable bonds is 4. The molecule has 0 atom stereocenters. The summed E-state index contributed by atoms with van der Waals surface area (Å²) >= 11 is 1.62. The summed E-state index contributed by atoms with van der Waals surface area (Å²) in [5.41, 5.74) is 1.21. The van der Waals surface area contributed by atoms with Gasteiger partial charge in [-0.1, -0.05) is 0 Å². The number of thiazole rings is 1. The predicted octanol–water partition coefficient (Wildman–Crippen LogP) is 1.89. The first-order valence-corrected chi connectivity index (χ1v) is 5.65. The number of fused-ring (bicyclic) bond motifs is 1. The fourth-order valence-corrected chi connectivity index (χ4v) is 2.35. The Balaban J connectivity index is 1.95. The standard InChI is InChI=1S/C10H12N2O2S/c1-14-9(13)4-2-3-8-7-15-10-11-5-6-12(8)10/h5-7H,2-4H2,1H3. The Bertz CT molecular complexity index is 461. The molecule has 0 aromatic carbocycles. The average molecular weight is 224 g/mol. The van der Waals surface area contributed by atoms with E-state index in [2.05, 4.69) is 19.5 Å². The average Bonchev–Trinajstić information content (AvgIpc) is 2.81. The number of ether oxygens (including phenoxy) is 1. The molecule has 0 spiro atoms. The minimum atomic E-state index is -0.146. The van der Waals surface area contributed by atoms with Gasteiger partial charge >= 0.3 is 5.97 Å². The van der Waals surface area contributed by atoms with E-state index in [0.717, 1.165) is 17.8 Å². The lowest BCUT2D eigenvalue weighted by atomic mass is 10.2. The SMILES string of the molecule is COC(=O)CCCc1csc2nccn12. The molecular formula is C10H12N2O2S. The van der Waals surface area contributed by atoms with Crippen LogP contribution < -0.4 is 0 Å². The highest BCUT2D eigenvalue weighted by Gasteiger charge is 2.05. The Morgan fingerprint density at radius 2 is 2.53 bits per heavy atom. The van der Waals surface area contributed by atoms with Gasteiger partial charge in [0.15, 0.2) is 4.96 Å². The van der Waals surface area contributed by atoms with Crippen LogP contribution >= 0.6 is 11.3 Å². The maximum absolute atomic E-state index is 10.9. The van der Waals surface area contributed by atoms with Crippen LogP contribution in [0.2, 0.25) is 0 Å². The van der Waals surface area contributed by atoms with Gasteiger partial charge in [0.05, 0.1) is 7.11 Å². The summed E-state index contributed by atoms with van der Waals surface area (Å²) in [6.45, 7) is 0. The van der Waals surface area contributed by atoms with Gasteiger partial charge in [-0.3, -0.25) is 9.20 Å². The lowest BCUT2D eigenvalue weighted by Crippen LogP contribution is -2.01. The molecule has 2 rings (SSSR count). The van der Waals surface area contributed by atoms with Gasteiger partial charge in [-0.25, -0.2) is 4.98 Å². The third kappa shape index (κ3) is 2.18. The largest absolute Gasteiger partial charge is 0.469 e. The van der Waals surface area contributed by atoms with Crippen LogP contribution in [-0.4, -0.2) is 22.5 Å². The lowest BCUT2D eigenvalue weighted by Gasteiger charge is -1.99. The molecule has 0 radical (unpaired) electrons. The molecule has 0 fully saturated rings. The summed E-state index contributed by atoms with van der Waals surface area (Å²) in [6, 6.07) is 0. The second kappa shape index (κ2) is 4.44. The highest BCUT2D eigenvalue weighted by Crippen LogP contribution is 2.16. The van der Waals surface area contributed by atoms with Crippen LogP contribution in [0.1, 0.15) is 18.5 Å². The number of hydrogen-bond donors (Lipinski definition) is 0. The molecule has 2 heterocycles. The summed E-state index contributed by atoms with van der Waals surface area (Å²) in [7, 11) is 1.42. The monoisotopic (exact) mass is 224 g/mol. The molecule has 0 aliphatic carbocycles. The molecule has 0 aliphatic heterocycles. The molecular weight excluding hydrogens is 212 g/mol. The molecule has 5 heteroatoms. The maximum Gasteiger partial charge on any atom is 0.305 e. The number of aromatic nitrogens is 2. The van der Waals surface area contributed by atoms with Crippen LogP contribution in [-0.2, 0) is 16.0 Å². The number of methoxy groups -OCH3 is 1. The van der Waals surface area contributed by atoms with Crippen LogP contribution in [0, 0.1) is 0 Å². The Morgan fingerprint density at radius 1 is 1.67 bits per heavy atom. The minimum absolute atomic E-state index is 0.146. The summed E-state index contributed by atoms with van der Waals surface area (Å²) in [5.74, 6) is -0.146. The number of hydrogen-bond acceptors (Lipinski definition) is 4.